The molecule has 3 nitrogen and oxygen atoms in total. The molecule has 3 rings (SSSR count). The molecule has 3 aromatic rings. The molecule has 140 valence electrons. The Balaban J connectivity index is 0.00000225. The van der Waals surface area contributed by atoms with Crippen molar-refractivity contribution < 1.29 is 65.0 Å². The summed E-state index contributed by atoms with van der Waals surface area (Å²) >= 11 is 3.00. The first kappa shape index (κ1) is 26.4. The van der Waals surface area contributed by atoms with E-state index < -0.39 is 11.6 Å². The van der Waals surface area contributed by atoms with Gasteiger partial charge in [0, 0.05) is 24.0 Å². The fraction of sp³-hybridized carbons (Fsp3) is 0.150. The molecule has 0 aliphatic rings. The number of rotatable bonds is 3. The number of hydrogen-bond acceptors (Lipinski definition) is 2. The standard InChI is InChI=1S/C18H14BrF2N2O.2CH3.K/c1-9-4-5-23-14(7-10(2)24)18(22-15(23)6-9)16-11(3)17(21)12(19)8-13(16)20;;;/h4-6,8H,2,7H2,1,3H3;2*1H3;/q3*-1;+1. The molecule has 0 unspecified atom stereocenters. The van der Waals surface area contributed by atoms with Crippen molar-refractivity contribution in [3.8, 4) is 11.3 Å². The molecular formula is C20H20BrF2KN2O-2. The second-order valence-electron chi connectivity index (χ2n) is 5.71. The van der Waals surface area contributed by atoms with Crippen molar-refractivity contribution in [2.75, 3.05) is 0 Å². The normalized spacial score (nSPS) is 9.96. The van der Waals surface area contributed by atoms with Crippen molar-refractivity contribution >= 4 is 27.4 Å². The zero-order valence-corrected chi connectivity index (χ0v) is 20.9. The van der Waals surface area contributed by atoms with Gasteiger partial charge in [0.1, 0.15) is 17.3 Å². The third-order valence-corrected chi connectivity index (χ3v) is 4.47. The van der Waals surface area contributed by atoms with Gasteiger partial charge in [-0.25, -0.2) is 13.8 Å². The van der Waals surface area contributed by atoms with Crippen LogP contribution in [0.25, 0.3) is 16.9 Å². The second kappa shape index (κ2) is 10.3. The summed E-state index contributed by atoms with van der Waals surface area (Å²) in [6.45, 7) is 6.79. The summed E-state index contributed by atoms with van der Waals surface area (Å²) in [5, 5.41) is 0. The molecular weight excluding hydrogens is 441 g/mol. The molecule has 2 heterocycles. The fourth-order valence-corrected chi connectivity index (χ4v) is 3.26. The summed E-state index contributed by atoms with van der Waals surface area (Å²) in [6.07, 6.45) is 1.75. The maximum Gasteiger partial charge on any atom is 1.00 e. The zero-order valence-electron chi connectivity index (χ0n) is 16.2. The van der Waals surface area contributed by atoms with E-state index in [0.717, 1.165) is 11.6 Å². The maximum absolute atomic E-state index is 14.6. The van der Waals surface area contributed by atoms with Gasteiger partial charge in [0.25, 0.3) is 0 Å². The van der Waals surface area contributed by atoms with Gasteiger partial charge in [-0.3, -0.25) is 0 Å². The molecule has 0 spiro atoms. The molecule has 27 heavy (non-hydrogen) atoms. The Morgan fingerprint density at radius 2 is 1.89 bits per heavy atom. The number of benzene rings is 1. The third-order valence-electron chi connectivity index (χ3n) is 3.89. The number of halogens is 3. The van der Waals surface area contributed by atoms with Crippen LogP contribution in [0.5, 0.6) is 0 Å². The average Bonchev–Trinajstić information content (AvgIpc) is 2.82. The van der Waals surface area contributed by atoms with Crippen molar-refractivity contribution in [1.29, 1.82) is 0 Å². The predicted molar refractivity (Wildman–Crippen MR) is 105 cm³/mol. The van der Waals surface area contributed by atoms with Crippen molar-refractivity contribution in [2.24, 2.45) is 0 Å². The predicted octanol–water partition coefficient (Wildman–Crippen LogP) is 2.51. The summed E-state index contributed by atoms with van der Waals surface area (Å²) < 4.78 is 30.6. The van der Waals surface area contributed by atoms with Crippen LogP contribution in [0, 0.1) is 47.3 Å². The molecule has 0 amide bonds. The molecule has 0 atom stereocenters. The smallest absolute Gasteiger partial charge is 0.358 e. The molecule has 0 bridgehead atoms. The number of pyridine rings is 1. The van der Waals surface area contributed by atoms with Crippen LogP contribution in [-0.4, -0.2) is 15.2 Å². The number of fused-ring (bicyclic) bond motifs is 1. The molecule has 7 heteroatoms. The van der Waals surface area contributed by atoms with Crippen LogP contribution < -0.4 is 51.4 Å². The number of carbonyl (C=O) groups excluding carboxylic acids is 1. The van der Waals surface area contributed by atoms with Crippen LogP contribution in [0.3, 0.4) is 0 Å². The van der Waals surface area contributed by atoms with Crippen LogP contribution in [0.2, 0.25) is 0 Å². The Morgan fingerprint density at radius 3 is 2.48 bits per heavy atom. The van der Waals surface area contributed by atoms with E-state index in [1.54, 1.807) is 10.6 Å². The van der Waals surface area contributed by atoms with Gasteiger partial charge in [-0.2, -0.15) is 0 Å². The third kappa shape index (κ3) is 5.08. The first-order chi connectivity index (χ1) is 11.3. The monoisotopic (exact) mass is 460 g/mol. The Bertz CT molecular complexity index is 986. The fourth-order valence-electron chi connectivity index (χ4n) is 2.76. The van der Waals surface area contributed by atoms with E-state index in [-0.39, 0.29) is 99.7 Å². The van der Waals surface area contributed by atoms with Crippen LogP contribution in [0.1, 0.15) is 16.8 Å². The number of ketones is 1. The minimum Gasteiger partial charge on any atom is -0.358 e. The van der Waals surface area contributed by atoms with Gasteiger partial charge in [0.15, 0.2) is 0 Å². The average molecular weight is 461 g/mol. The summed E-state index contributed by atoms with van der Waals surface area (Å²) in [7, 11) is 0. The van der Waals surface area contributed by atoms with Gasteiger partial charge < -0.3 is 31.0 Å². The molecule has 0 radical (unpaired) electrons. The zero-order chi connectivity index (χ0) is 17.6. The van der Waals surface area contributed by atoms with Crippen LogP contribution in [0.4, 0.5) is 8.78 Å². The molecule has 0 N–H and O–H groups in total. The van der Waals surface area contributed by atoms with Gasteiger partial charge in [0.05, 0.1) is 15.9 Å². The summed E-state index contributed by atoms with van der Waals surface area (Å²) in [5.41, 5.74) is 2.51. The number of imidazole rings is 1. The minimum atomic E-state index is -0.598. The van der Waals surface area contributed by atoms with E-state index in [1.807, 2.05) is 19.1 Å². The largest absolute Gasteiger partial charge is 1.00 e. The van der Waals surface area contributed by atoms with Crippen molar-refractivity contribution in [2.45, 2.75) is 20.3 Å². The van der Waals surface area contributed by atoms with Gasteiger partial charge in [-0.05, 0) is 59.1 Å². The first-order valence-corrected chi connectivity index (χ1v) is 8.05. The van der Waals surface area contributed by atoms with Crippen LogP contribution in [0.15, 0.2) is 28.9 Å². The Morgan fingerprint density at radius 1 is 1.26 bits per heavy atom. The maximum atomic E-state index is 14.6. The van der Waals surface area contributed by atoms with Crippen molar-refractivity contribution in [1.82, 2.24) is 9.38 Å². The van der Waals surface area contributed by atoms with Gasteiger partial charge in [-0.1, -0.05) is 0 Å². The Labute approximate surface area is 210 Å². The van der Waals surface area contributed by atoms with E-state index in [2.05, 4.69) is 27.8 Å². The van der Waals surface area contributed by atoms with E-state index in [0.29, 0.717) is 11.3 Å². The number of Topliss-reactive ketones (excluding diaryl/α,β-unsaturated/α-hetero) is 1. The van der Waals surface area contributed by atoms with E-state index in [4.69, 9.17) is 0 Å². The molecule has 1 aromatic carbocycles. The van der Waals surface area contributed by atoms with E-state index >= 15 is 0 Å². The Kier molecular flexibility index (Phi) is 10.1. The van der Waals surface area contributed by atoms with Crippen molar-refractivity contribution in [3.63, 3.8) is 0 Å². The van der Waals surface area contributed by atoms with Crippen LogP contribution in [-0.2, 0) is 11.2 Å². The summed E-state index contributed by atoms with van der Waals surface area (Å²) in [5.74, 6) is -1.47. The topological polar surface area (TPSA) is 34.4 Å². The number of aromatic nitrogens is 2. The molecule has 0 saturated heterocycles. The van der Waals surface area contributed by atoms with Gasteiger partial charge in [0.2, 0.25) is 0 Å². The first-order valence-electron chi connectivity index (χ1n) is 7.26. The quantitative estimate of drug-likeness (QED) is 0.341. The SMILES string of the molecule is [CH2-]C(=O)Cc1c(-c2c(F)cc(Br)c(F)c2C)nc2cc(C)ccn12.[CH3-].[CH3-].[K+]. The summed E-state index contributed by atoms with van der Waals surface area (Å²) in [4.78, 5) is 16.0. The second-order valence-corrected chi connectivity index (χ2v) is 6.56. The summed E-state index contributed by atoms with van der Waals surface area (Å²) in [6, 6.07) is 4.76. The number of hydrogen-bond donors (Lipinski definition) is 0. The van der Waals surface area contributed by atoms with Gasteiger partial charge >= 0.3 is 51.4 Å². The number of carbonyl (C=O) groups is 1. The molecule has 2 aromatic heterocycles. The van der Waals surface area contributed by atoms with E-state index in [9.17, 15) is 13.6 Å². The molecule has 0 aliphatic carbocycles. The minimum absolute atomic E-state index is 0. The van der Waals surface area contributed by atoms with Gasteiger partial charge in [-0.15, -0.1) is 0 Å². The Hall–Kier alpha value is -0.574. The number of nitrogens with zero attached hydrogens (tertiary/aromatic N) is 2. The molecule has 0 fully saturated rings. The molecule has 0 aliphatic heterocycles. The van der Waals surface area contributed by atoms with Crippen LogP contribution >= 0.6 is 15.9 Å². The van der Waals surface area contributed by atoms with E-state index in [1.165, 1.54) is 6.92 Å². The number of aryl methyl sites for hydroxylation is 1. The molecule has 0 saturated carbocycles. The van der Waals surface area contributed by atoms with Crippen molar-refractivity contribution in [3.05, 3.63) is 79.1 Å².